The number of hydrogen-bond acceptors (Lipinski definition) is 5. The summed E-state index contributed by atoms with van der Waals surface area (Å²) in [5.41, 5.74) is 2.59. The van der Waals surface area contributed by atoms with E-state index >= 15 is 0 Å². The lowest BCUT2D eigenvalue weighted by Gasteiger charge is -2.15. The number of halogens is 3. The van der Waals surface area contributed by atoms with E-state index in [1.54, 1.807) is 18.2 Å². The lowest BCUT2D eigenvalue weighted by Crippen LogP contribution is -2.05. The first kappa shape index (κ1) is 23.8. The molecule has 33 heavy (non-hydrogen) atoms. The van der Waals surface area contributed by atoms with Crippen molar-refractivity contribution in [3.8, 4) is 11.5 Å². The second kappa shape index (κ2) is 10.7. The van der Waals surface area contributed by atoms with Gasteiger partial charge in [-0.2, -0.15) is 0 Å². The fourth-order valence-corrected chi connectivity index (χ4v) is 4.20. The van der Waals surface area contributed by atoms with Crippen LogP contribution in [0.5, 0.6) is 11.5 Å². The average molecular weight is 639 g/mol. The van der Waals surface area contributed by atoms with Crippen molar-refractivity contribution in [3.63, 3.8) is 0 Å². The molecule has 1 aliphatic heterocycles. The average Bonchev–Trinajstić information content (AvgIpc) is 3.15. The maximum absolute atomic E-state index is 12.4. The molecule has 3 aromatic rings. The van der Waals surface area contributed by atoms with Gasteiger partial charge in [0.2, 0.25) is 5.90 Å². The molecule has 0 fully saturated rings. The van der Waals surface area contributed by atoms with Crippen molar-refractivity contribution in [1.82, 2.24) is 0 Å². The molecule has 3 aromatic carbocycles. The van der Waals surface area contributed by atoms with E-state index in [0.29, 0.717) is 40.9 Å². The van der Waals surface area contributed by atoms with Gasteiger partial charge in [-0.25, -0.2) is 9.79 Å². The summed E-state index contributed by atoms with van der Waals surface area (Å²) < 4.78 is 19.2. The van der Waals surface area contributed by atoms with Crippen LogP contribution >= 0.6 is 50.1 Å². The maximum Gasteiger partial charge on any atom is 0.363 e. The van der Waals surface area contributed by atoms with Crippen LogP contribution in [-0.4, -0.2) is 18.5 Å². The molecule has 8 heteroatoms. The van der Waals surface area contributed by atoms with E-state index in [0.717, 1.165) is 13.6 Å². The molecule has 1 heterocycles. The smallest absolute Gasteiger partial charge is 0.363 e. The molecule has 0 atom stereocenters. The molecule has 0 amide bonds. The Labute approximate surface area is 218 Å². The van der Waals surface area contributed by atoms with E-state index in [4.69, 9.17) is 25.8 Å². The number of esters is 1. The van der Waals surface area contributed by atoms with Crippen molar-refractivity contribution in [3.05, 3.63) is 96.1 Å². The Balaban J connectivity index is 1.61. The molecular weight excluding hydrogens is 621 g/mol. The van der Waals surface area contributed by atoms with Crippen LogP contribution in [0.25, 0.3) is 6.08 Å². The lowest BCUT2D eigenvalue weighted by atomic mass is 10.1. The molecular formula is C25H18BrClINO4. The second-order valence-electron chi connectivity index (χ2n) is 6.99. The fourth-order valence-electron chi connectivity index (χ4n) is 3.12. The highest BCUT2D eigenvalue weighted by Gasteiger charge is 2.24. The van der Waals surface area contributed by atoms with Gasteiger partial charge in [0.05, 0.1) is 11.6 Å². The zero-order chi connectivity index (χ0) is 23.4. The number of rotatable bonds is 7. The van der Waals surface area contributed by atoms with Gasteiger partial charge in [-0.15, -0.1) is 0 Å². The summed E-state index contributed by atoms with van der Waals surface area (Å²) in [5.74, 6) is 0.674. The van der Waals surface area contributed by atoms with Crippen LogP contribution in [0, 0.1) is 3.57 Å². The summed E-state index contributed by atoms with van der Waals surface area (Å²) in [5, 5.41) is 0.377. The van der Waals surface area contributed by atoms with E-state index in [9.17, 15) is 4.79 Å². The third-order valence-corrected chi connectivity index (χ3v) is 6.54. The Kier molecular flexibility index (Phi) is 7.72. The van der Waals surface area contributed by atoms with E-state index in [-0.39, 0.29) is 11.6 Å². The fraction of sp³-hybridized carbons (Fsp3) is 0.120. The van der Waals surface area contributed by atoms with Crippen LogP contribution < -0.4 is 9.47 Å². The Morgan fingerprint density at radius 2 is 1.88 bits per heavy atom. The van der Waals surface area contributed by atoms with Crippen LogP contribution in [0.2, 0.25) is 5.02 Å². The van der Waals surface area contributed by atoms with E-state index in [2.05, 4.69) is 43.5 Å². The Hall–Kier alpha value is -2.36. The zero-order valence-electron chi connectivity index (χ0n) is 17.5. The zero-order valence-corrected chi connectivity index (χ0v) is 22.0. The standard InChI is InChI=1S/C25H18BrClINO4/c1-2-31-22-13-15(11-19(27)23(22)32-14-17-5-3-4-6-20(17)28)12-21-25(30)33-24(29-21)16-7-9-18(26)10-8-16/h3-13H,2,14H2,1H3/b21-12-. The SMILES string of the molecule is CCOc1cc(/C=C2\N=C(c3ccc(Br)cc3)OC2=O)cc(Cl)c1OCc1ccccc1I. The predicted octanol–water partition coefficient (Wildman–Crippen LogP) is 7.03. The largest absolute Gasteiger partial charge is 0.490 e. The van der Waals surface area contributed by atoms with Crippen LogP contribution in [0.3, 0.4) is 0 Å². The summed E-state index contributed by atoms with van der Waals surface area (Å²) in [4.78, 5) is 16.7. The number of carbonyl (C=O) groups is 1. The van der Waals surface area contributed by atoms with Gasteiger partial charge in [-0.05, 0) is 83.6 Å². The van der Waals surface area contributed by atoms with Gasteiger partial charge in [-0.1, -0.05) is 45.7 Å². The molecule has 0 saturated heterocycles. The molecule has 0 aliphatic carbocycles. The summed E-state index contributed by atoms with van der Waals surface area (Å²) in [6, 6.07) is 18.8. The van der Waals surface area contributed by atoms with Crippen molar-refractivity contribution in [2.75, 3.05) is 6.61 Å². The topological polar surface area (TPSA) is 57.1 Å². The molecule has 1 aliphatic rings. The van der Waals surface area contributed by atoms with Gasteiger partial charge in [0, 0.05) is 19.2 Å². The van der Waals surface area contributed by atoms with E-state index in [1.807, 2.05) is 55.5 Å². The van der Waals surface area contributed by atoms with Gasteiger partial charge in [0.25, 0.3) is 0 Å². The van der Waals surface area contributed by atoms with Crippen LogP contribution in [0.4, 0.5) is 0 Å². The van der Waals surface area contributed by atoms with Crippen LogP contribution in [-0.2, 0) is 16.1 Å². The highest BCUT2D eigenvalue weighted by Crippen LogP contribution is 2.38. The molecule has 0 aromatic heterocycles. The number of ether oxygens (including phenoxy) is 3. The summed E-state index contributed by atoms with van der Waals surface area (Å²) >= 11 is 12.2. The van der Waals surface area contributed by atoms with Crippen LogP contribution in [0.15, 0.2) is 75.8 Å². The maximum atomic E-state index is 12.4. The summed E-state index contributed by atoms with van der Waals surface area (Å²) in [6.07, 6.45) is 1.62. The lowest BCUT2D eigenvalue weighted by molar-refractivity contribution is -0.129. The van der Waals surface area contributed by atoms with E-state index in [1.165, 1.54) is 0 Å². The van der Waals surface area contributed by atoms with Gasteiger partial charge in [0.1, 0.15) is 6.61 Å². The number of cyclic esters (lactones) is 1. The van der Waals surface area contributed by atoms with Gasteiger partial charge in [-0.3, -0.25) is 0 Å². The molecule has 0 bridgehead atoms. The van der Waals surface area contributed by atoms with Gasteiger partial charge < -0.3 is 14.2 Å². The predicted molar refractivity (Wildman–Crippen MR) is 141 cm³/mol. The number of carbonyl (C=O) groups excluding carboxylic acids is 1. The normalized spacial score (nSPS) is 14.2. The van der Waals surface area contributed by atoms with Crippen molar-refractivity contribution in [1.29, 1.82) is 0 Å². The summed E-state index contributed by atoms with van der Waals surface area (Å²) in [6.45, 7) is 2.67. The number of nitrogens with zero attached hydrogens (tertiary/aromatic N) is 1. The minimum atomic E-state index is -0.527. The third kappa shape index (κ3) is 5.77. The second-order valence-corrected chi connectivity index (χ2v) is 9.47. The highest BCUT2D eigenvalue weighted by molar-refractivity contribution is 14.1. The van der Waals surface area contributed by atoms with Gasteiger partial charge in [0.15, 0.2) is 17.2 Å². The Morgan fingerprint density at radius 3 is 2.61 bits per heavy atom. The minimum Gasteiger partial charge on any atom is -0.490 e. The quantitative estimate of drug-likeness (QED) is 0.159. The Bertz CT molecular complexity index is 1260. The van der Waals surface area contributed by atoms with Crippen molar-refractivity contribution in [2.45, 2.75) is 13.5 Å². The number of hydrogen-bond donors (Lipinski definition) is 0. The first-order valence-electron chi connectivity index (χ1n) is 10.1. The highest BCUT2D eigenvalue weighted by atomic mass is 127. The molecule has 0 unspecified atom stereocenters. The van der Waals surface area contributed by atoms with Crippen molar-refractivity contribution < 1.29 is 19.0 Å². The molecule has 168 valence electrons. The first-order chi connectivity index (χ1) is 15.9. The molecule has 5 nitrogen and oxygen atoms in total. The van der Waals surface area contributed by atoms with Crippen LogP contribution in [0.1, 0.15) is 23.6 Å². The van der Waals surface area contributed by atoms with Gasteiger partial charge >= 0.3 is 5.97 Å². The van der Waals surface area contributed by atoms with E-state index < -0.39 is 5.97 Å². The summed E-state index contributed by atoms with van der Waals surface area (Å²) in [7, 11) is 0. The molecule has 0 spiro atoms. The minimum absolute atomic E-state index is 0.180. The molecule has 4 rings (SSSR count). The third-order valence-electron chi connectivity index (χ3n) is 4.68. The Morgan fingerprint density at radius 1 is 1.12 bits per heavy atom. The number of aliphatic imine (C=N–C) groups is 1. The molecule has 0 saturated carbocycles. The first-order valence-corrected chi connectivity index (χ1v) is 12.3. The monoisotopic (exact) mass is 637 g/mol. The number of benzene rings is 3. The van der Waals surface area contributed by atoms with Crippen molar-refractivity contribution in [2.24, 2.45) is 4.99 Å². The van der Waals surface area contributed by atoms with Crippen molar-refractivity contribution >= 4 is 68.1 Å². The molecule has 0 radical (unpaired) electrons. The molecule has 0 N–H and O–H groups in total.